The maximum atomic E-state index is 13.0. The average molecular weight is 432 g/mol. The van der Waals surface area contributed by atoms with Gasteiger partial charge < -0.3 is 5.11 Å². The molecule has 158 valence electrons. The fourth-order valence-corrected chi connectivity index (χ4v) is 2.71. The summed E-state index contributed by atoms with van der Waals surface area (Å²) >= 11 is 1.27. The molecule has 0 amide bonds. The van der Waals surface area contributed by atoms with Crippen LogP contribution in [0, 0.1) is 11.8 Å². The fourth-order valence-electron chi connectivity index (χ4n) is 2.27. The van der Waals surface area contributed by atoms with Crippen LogP contribution in [-0.2, 0) is 12.6 Å². The Morgan fingerprint density at radius 2 is 1.57 bits per heavy atom. The monoisotopic (exact) mass is 431 g/mol. The van der Waals surface area contributed by atoms with Gasteiger partial charge in [-0.25, -0.2) is 0 Å². The first-order chi connectivity index (χ1) is 14.4. The molecule has 0 atom stereocenters. The molecule has 2 aromatic carbocycles. The molecule has 3 rings (SSSR count). The van der Waals surface area contributed by atoms with Crippen LogP contribution in [0.1, 0.15) is 29.2 Å². The molecule has 2 nitrogen and oxygen atoms in total. The smallest absolute Gasteiger partial charge is 0.400 e. The molecule has 3 aromatic rings. The second kappa shape index (κ2) is 13.5. The van der Waals surface area contributed by atoms with E-state index >= 15 is 0 Å². The van der Waals surface area contributed by atoms with Crippen molar-refractivity contribution in [3.05, 3.63) is 95.3 Å². The normalized spacial score (nSPS) is 9.83. The molecule has 6 heteroatoms. The number of hydrogen-bond acceptors (Lipinski definition) is 3. The van der Waals surface area contributed by atoms with Gasteiger partial charge in [0, 0.05) is 35.5 Å². The number of aryl methyl sites for hydroxylation is 1. The minimum absolute atomic E-state index is 0.000784. The lowest BCUT2D eigenvalue weighted by Gasteiger charge is -2.10. The third-order valence-corrected chi connectivity index (χ3v) is 4.53. The van der Waals surface area contributed by atoms with Gasteiger partial charge in [-0.15, -0.1) is 11.8 Å². The predicted octanol–water partition coefficient (Wildman–Crippen LogP) is 6.08. The molecule has 0 fully saturated rings. The molecule has 0 unspecified atom stereocenters. The largest absolute Gasteiger partial charge is 0.417 e. The predicted molar refractivity (Wildman–Crippen MR) is 117 cm³/mol. The van der Waals surface area contributed by atoms with Crippen molar-refractivity contribution in [2.45, 2.75) is 24.4 Å². The molecule has 1 heterocycles. The van der Waals surface area contributed by atoms with Gasteiger partial charge >= 0.3 is 6.18 Å². The van der Waals surface area contributed by atoms with Crippen LogP contribution < -0.4 is 0 Å². The number of benzene rings is 2. The third-order valence-electron chi connectivity index (χ3n) is 3.81. The zero-order chi connectivity index (χ0) is 22.4. The summed E-state index contributed by atoms with van der Waals surface area (Å²) in [6.07, 6.45) is 2.08. The molecule has 1 N–H and O–H groups in total. The second-order valence-electron chi connectivity index (χ2n) is 5.73. The minimum Gasteiger partial charge on any atom is -0.400 e. The van der Waals surface area contributed by atoms with E-state index in [0.717, 1.165) is 19.6 Å². The van der Waals surface area contributed by atoms with Crippen LogP contribution in [0.4, 0.5) is 13.2 Å². The topological polar surface area (TPSA) is 33.1 Å². The summed E-state index contributed by atoms with van der Waals surface area (Å²) < 4.78 is 39.0. The highest BCUT2D eigenvalue weighted by molar-refractivity contribution is 7.98. The van der Waals surface area contributed by atoms with Gasteiger partial charge in [0.05, 0.1) is 5.56 Å². The van der Waals surface area contributed by atoms with Crippen LogP contribution in [0.25, 0.3) is 0 Å². The summed E-state index contributed by atoms with van der Waals surface area (Å²) in [6.45, 7) is 2.13. The fraction of sp³-hybridized carbons (Fsp3) is 0.208. The second-order valence-corrected chi connectivity index (χ2v) is 6.61. The van der Waals surface area contributed by atoms with E-state index in [-0.39, 0.29) is 5.56 Å². The lowest BCUT2D eigenvalue weighted by molar-refractivity contribution is -0.137. The van der Waals surface area contributed by atoms with Gasteiger partial charge in [-0.05, 0) is 60.7 Å². The lowest BCUT2D eigenvalue weighted by Crippen LogP contribution is -2.07. The Kier molecular flexibility index (Phi) is 11.4. The Labute approximate surface area is 180 Å². The summed E-state index contributed by atoms with van der Waals surface area (Å²) in [7, 11) is 1.00. The zero-order valence-corrected chi connectivity index (χ0v) is 17.9. The van der Waals surface area contributed by atoms with Crippen molar-refractivity contribution in [3.63, 3.8) is 0 Å². The summed E-state index contributed by atoms with van der Waals surface area (Å²) in [5.74, 6) is 5.36. The van der Waals surface area contributed by atoms with Crippen molar-refractivity contribution in [1.29, 1.82) is 0 Å². The first kappa shape index (κ1) is 25.3. The molecule has 1 aromatic heterocycles. The maximum absolute atomic E-state index is 13.0. The molecule has 0 radical (unpaired) electrons. The molecule has 0 saturated heterocycles. The maximum Gasteiger partial charge on any atom is 0.417 e. The standard InChI is InChI=1S/C16H11F3S.C7H9N.CH4O/c1-20-14-10-9-13(15(11-14)16(17,18)19)8-7-12-5-3-2-4-6-12;1-2-7-3-5-8-6-4-7;1-2/h2-6,9-11H,1H3;3-6H,2H2,1H3;2H,1H3. The van der Waals surface area contributed by atoms with Gasteiger partial charge in [0.1, 0.15) is 0 Å². The van der Waals surface area contributed by atoms with Crippen LogP contribution in [0.3, 0.4) is 0 Å². The van der Waals surface area contributed by atoms with E-state index in [2.05, 4.69) is 23.7 Å². The van der Waals surface area contributed by atoms with E-state index < -0.39 is 11.7 Å². The number of aliphatic hydroxyl groups excluding tert-OH is 1. The molecule has 0 saturated carbocycles. The number of alkyl halides is 3. The highest BCUT2D eigenvalue weighted by atomic mass is 32.2. The van der Waals surface area contributed by atoms with Crippen molar-refractivity contribution < 1.29 is 18.3 Å². The third kappa shape index (κ3) is 8.73. The molecule has 0 aliphatic heterocycles. The van der Waals surface area contributed by atoms with Gasteiger partial charge in [-0.3, -0.25) is 4.98 Å². The molecule has 0 spiro atoms. The summed E-state index contributed by atoms with van der Waals surface area (Å²) in [5, 5.41) is 7.00. The van der Waals surface area contributed by atoms with Crippen LogP contribution in [0.5, 0.6) is 0 Å². The van der Waals surface area contributed by atoms with E-state index in [9.17, 15) is 13.2 Å². The van der Waals surface area contributed by atoms with Gasteiger partial charge in [0.15, 0.2) is 0 Å². The Bertz CT molecular complexity index is 933. The Balaban J connectivity index is 0.000000375. The van der Waals surface area contributed by atoms with Crippen molar-refractivity contribution in [2.75, 3.05) is 13.4 Å². The van der Waals surface area contributed by atoms with E-state index in [1.54, 1.807) is 36.6 Å². The SMILES string of the molecule is CCc1ccncc1.CO.CSc1ccc(C#Cc2ccccc2)c(C(F)(F)F)c1. The van der Waals surface area contributed by atoms with Crippen LogP contribution in [0.15, 0.2) is 78.0 Å². The Morgan fingerprint density at radius 3 is 2.07 bits per heavy atom. The number of halogens is 3. The van der Waals surface area contributed by atoms with Crippen LogP contribution >= 0.6 is 11.8 Å². The van der Waals surface area contributed by atoms with E-state index in [4.69, 9.17) is 5.11 Å². The first-order valence-corrected chi connectivity index (χ1v) is 10.3. The highest BCUT2D eigenvalue weighted by Gasteiger charge is 2.33. The summed E-state index contributed by atoms with van der Waals surface area (Å²) in [6, 6.07) is 17.2. The first-order valence-electron chi connectivity index (χ1n) is 9.10. The number of thioether (sulfide) groups is 1. The van der Waals surface area contributed by atoms with E-state index in [0.29, 0.717) is 10.5 Å². The number of nitrogens with zero attached hydrogens (tertiary/aromatic N) is 1. The molecule has 0 bridgehead atoms. The van der Waals surface area contributed by atoms with Crippen molar-refractivity contribution >= 4 is 11.8 Å². The summed E-state index contributed by atoms with van der Waals surface area (Å²) in [5.41, 5.74) is 1.35. The van der Waals surface area contributed by atoms with E-state index in [1.165, 1.54) is 23.4 Å². The van der Waals surface area contributed by atoms with Gasteiger partial charge in [0.25, 0.3) is 0 Å². The van der Waals surface area contributed by atoms with Crippen molar-refractivity contribution in [2.24, 2.45) is 0 Å². The quantitative estimate of drug-likeness (QED) is 0.394. The van der Waals surface area contributed by atoms with Crippen LogP contribution in [-0.4, -0.2) is 23.5 Å². The lowest BCUT2D eigenvalue weighted by atomic mass is 10.1. The van der Waals surface area contributed by atoms with Gasteiger partial charge in [-0.1, -0.05) is 37.0 Å². The number of aliphatic hydroxyl groups is 1. The molecular weight excluding hydrogens is 407 g/mol. The van der Waals surface area contributed by atoms with Gasteiger partial charge in [-0.2, -0.15) is 13.2 Å². The highest BCUT2D eigenvalue weighted by Crippen LogP contribution is 2.34. The number of hydrogen-bond donors (Lipinski definition) is 1. The minimum atomic E-state index is -4.40. The molecule has 30 heavy (non-hydrogen) atoms. The summed E-state index contributed by atoms with van der Waals surface area (Å²) in [4.78, 5) is 4.47. The van der Waals surface area contributed by atoms with Crippen molar-refractivity contribution in [1.82, 2.24) is 4.98 Å². The molecule has 0 aliphatic rings. The number of pyridine rings is 1. The molecular formula is C24H24F3NOS. The zero-order valence-electron chi connectivity index (χ0n) is 17.1. The Morgan fingerprint density at radius 1 is 0.933 bits per heavy atom. The van der Waals surface area contributed by atoms with Crippen molar-refractivity contribution in [3.8, 4) is 11.8 Å². The Hall–Kier alpha value is -2.75. The molecule has 0 aliphatic carbocycles. The number of rotatable bonds is 2. The average Bonchev–Trinajstić information content (AvgIpc) is 2.80. The number of aromatic nitrogens is 1. The van der Waals surface area contributed by atoms with Crippen LogP contribution in [0.2, 0.25) is 0 Å². The van der Waals surface area contributed by atoms with Gasteiger partial charge in [0.2, 0.25) is 0 Å². The van der Waals surface area contributed by atoms with E-state index in [1.807, 2.05) is 30.6 Å².